The zero-order valence-corrected chi connectivity index (χ0v) is 13.3. The van der Waals surface area contributed by atoms with E-state index in [0.29, 0.717) is 19.5 Å². The fourth-order valence-electron chi connectivity index (χ4n) is 2.33. The molecule has 1 saturated heterocycles. The molecule has 1 unspecified atom stereocenters. The third kappa shape index (κ3) is 5.01. The standard InChI is InChI=1S/C15H20F3N3O2/c1-14(2,3)23-13(22)20-11-5-7-21(9-11)12-8-10(4-6-19-12)15(16,17)18/h4,6,8,11H,5,7,9H2,1-3H3,(H,20,22). The summed E-state index contributed by atoms with van der Waals surface area (Å²) in [6.07, 6.45) is -3.16. The van der Waals surface area contributed by atoms with Gasteiger partial charge in [-0.05, 0) is 39.3 Å². The molecule has 1 N–H and O–H groups in total. The molecule has 0 bridgehead atoms. The SMILES string of the molecule is CC(C)(C)OC(=O)NC1CCN(c2cc(C(F)(F)F)ccn2)C1. The molecule has 0 saturated carbocycles. The summed E-state index contributed by atoms with van der Waals surface area (Å²) in [7, 11) is 0. The molecule has 1 aromatic heterocycles. The lowest BCUT2D eigenvalue weighted by Crippen LogP contribution is -2.40. The molecule has 1 aliphatic heterocycles. The molecule has 1 aliphatic rings. The molecule has 1 amide bonds. The predicted octanol–water partition coefficient (Wildman–Crippen LogP) is 3.20. The minimum absolute atomic E-state index is 0.179. The van der Waals surface area contributed by atoms with Crippen LogP contribution in [0.2, 0.25) is 0 Å². The van der Waals surface area contributed by atoms with Gasteiger partial charge in [-0.1, -0.05) is 0 Å². The zero-order valence-electron chi connectivity index (χ0n) is 13.3. The number of carbonyl (C=O) groups is 1. The number of ether oxygens (including phenoxy) is 1. The van der Waals surface area contributed by atoms with Crippen molar-refractivity contribution in [2.45, 2.75) is 45.0 Å². The van der Waals surface area contributed by atoms with E-state index in [1.54, 1.807) is 25.7 Å². The van der Waals surface area contributed by atoms with Gasteiger partial charge in [0, 0.05) is 19.3 Å². The number of aromatic nitrogens is 1. The van der Waals surface area contributed by atoms with Gasteiger partial charge in [0.2, 0.25) is 0 Å². The number of amides is 1. The van der Waals surface area contributed by atoms with Crippen LogP contribution in [0.3, 0.4) is 0 Å². The summed E-state index contributed by atoms with van der Waals surface area (Å²) in [5.41, 5.74) is -1.32. The Morgan fingerprint density at radius 1 is 1.39 bits per heavy atom. The highest BCUT2D eigenvalue weighted by atomic mass is 19.4. The Labute approximate surface area is 132 Å². The lowest BCUT2D eigenvalue weighted by atomic mass is 10.2. The highest BCUT2D eigenvalue weighted by Gasteiger charge is 2.32. The first-order chi connectivity index (χ1) is 10.5. The van der Waals surface area contributed by atoms with Crippen molar-refractivity contribution in [3.63, 3.8) is 0 Å². The molecular weight excluding hydrogens is 311 g/mol. The van der Waals surface area contributed by atoms with Crippen molar-refractivity contribution >= 4 is 11.9 Å². The first-order valence-corrected chi connectivity index (χ1v) is 7.32. The van der Waals surface area contributed by atoms with Gasteiger partial charge in [0.15, 0.2) is 0 Å². The topological polar surface area (TPSA) is 54.5 Å². The number of carbonyl (C=O) groups excluding carboxylic acids is 1. The van der Waals surface area contributed by atoms with Gasteiger partial charge in [0.05, 0.1) is 11.6 Å². The van der Waals surface area contributed by atoms with Crippen molar-refractivity contribution in [1.29, 1.82) is 0 Å². The maximum absolute atomic E-state index is 12.7. The maximum Gasteiger partial charge on any atom is 0.416 e. The second-order valence-electron chi connectivity index (χ2n) is 6.48. The van der Waals surface area contributed by atoms with Crippen molar-refractivity contribution < 1.29 is 22.7 Å². The second-order valence-corrected chi connectivity index (χ2v) is 6.48. The van der Waals surface area contributed by atoms with Crippen LogP contribution in [0.5, 0.6) is 0 Å². The normalized spacial score (nSPS) is 18.9. The Kier molecular flexibility index (Phi) is 4.72. The molecule has 128 valence electrons. The molecule has 1 fully saturated rings. The van der Waals surface area contributed by atoms with E-state index in [4.69, 9.17) is 4.74 Å². The summed E-state index contributed by atoms with van der Waals surface area (Å²) < 4.78 is 43.4. The molecule has 1 atom stereocenters. The first kappa shape index (κ1) is 17.4. The van der Waals surface area contributed by atoms with Gasteiger partial charge in [0.25, 0.3) is 0 Å². The lowest BCUT2D eigenvalue weighted by molar-refractivity contribution is -0.137. The molecule has 0 aromatic carbocycles. The maximum atomic E-state index is 12.7. The zero-order chi connectivity index (χ0) is 17.3. The third-order valence-corrected chi connectivity index (χ3v) is 3.31. The number of alkyl carbamates (subject to hydrolysis) is 1. The van der Waals surface area contributed by atoms with Crippen molar-refractivity contribution in [2.75, 3.05) is 18.0 Å². The monoisotopic (exact) mass is 331 g/mol. The molecule has 0 spiro atoms. The minimum atomic E-state index is -4.40. The van der Waals surface area contributed by atoms with Gasteiger partial charge < -0.3 is 15.0 Å². The Morgan fingerprint density at radius 2 is 2.09 bits per heavy atom. The van der Waals surface area contributed by atoms with E-state index in [9.17, 15) is 18.0 Å². The van der Waals surface area contributed by atoms with Crippen LogP contribution in [0, 0.1) is 0 Å². The first-order valence-electron chi connectivity index (χ1n) is 7.32. The van der Waals surface area contributed by atoms with Crippen LogP contribution < -0.4 is 10.2 Å². The number of anilines is 1. The molecule has 0 aliphatic carbocycles. The number of hydrogen-bond donors (Lipinski definition) is 1. The van der Waals surface area contributed by atoms with Crippen LogP contribution in [-0.2, 0) is 10.9 Å². The number of halogens is 3. The summed E-state index contributed by atoms with van der Waals surface area (Å²) in [6.45, 7) is 6.21. The van der Waals surface area contributed by atoms with Crippen LogP contribution in [0.15, 0.2) is 18.3 Å². The molecule has 2 heterocycles. The number of hydrogen-bond acceptors (Lipinski definition) is 4. The van der Waals surface area contributed by atoms with Crippen molar-refractivity contribution in [1.82, 2.24) is 10.3 Å². The molecule has 5 nitrogen and oxygen atoms in total. The van der Waals surface area contributed by atoms with Gasteiger partial charge in [-0.2, -0.15) is 13.2 Å². The van der Waals surface area contributed by atoms with E-state index in [1.807, 2.05) is 0 Å². The average molecular weight is 331 g/mol. The highest BCUT2D eigenvalue weighted by molar-refractivity contribution is 5.68. The van der Waals surface area contributed by atoms with Crippen LogP contribution in [0.25, 0.3) is 0 Å². The molecular formula is C15H20F3N3O2. The quantitative estimate of drug-likeness (QED) is 0.904. The Morgan fingerprint density at radius 3 is 2.70 bits per heavy atom. The van der Waals surface area contributed by atoms with Gasteiger partial charge in [-0.25, -0.2) is 9.78 Å². The number of nitrogens with zero attached hydrogens (tertiary/aromatic N) is 2. The van der Waals surface area contributed by atoms with Gasteiger partial charge in [-0.15, -0.1) is 0 Å². The molecule has 1 aromatic rings. The Bertz CT molecular complexity index is 570. The highest BCUT2D eigenvalue weighted by Crippen LogP contribution is 2.31. The Hall–Kier alpha value is -1.99. The number of pyridine rings is 1. The van der Waals surface area contributed by atoms with Crippen LogP contribution in [-0.4, -0.2) is 35.8 Å². The van der Waals surface area contributed by atoms with Gasteiger partial charge >= 0.3 is 12.3 Å². The predicted molar refractivity (Wildman–Crippen MR) is 79.2 cm³/mol. The molecule has 8 heteroatoms. The Balaban J connectivity index is 1.97. The summed E-state index contributed by atoms with van der Waals surface area (Å²) in [6, 6.07) is 1.78. The van der Waals surface area contributed by atoms with Crippen LogP contribution in [0.4, 0.5) is 23.8 Å². The van der Waals surface area contributed by atoms with Crippen molar-refractivity contribution in [3.05, 3.63) is 23.9 Å². The molecule has 2 rings (SSSR count). The van der Waals surface area contributed by atoms with E-state index in [2.05, 4.69) is 10.3 Å². The van der Waals surface area contributed by atoms with Gasteiger partial charge in [-0.3, -0.25) is 0 Å². The van der Waals surface area contributed by atoms with E-state index >= 15 is 0 Å². The van der Waals surface area contributed by atoms with Gasteiger partial charge in [0.1, 0.15) is 11.4 Å². The average Bonchev–Trinajstić information content (AvgIpc) is 2.84. The largest absolute Gasteiger partial charge is 0.444 e. The number of nitrogens with one attached hydrogen (secondary N) is 1. The third-order valence-electron chi connectivity index (χ3n) is 3.31. The molecule has 23 heavy (non-hydrogen) atoms. The summed E-state index contributed by atoms with van der Waals surface area (Å²) in [5.74, 6) is 0.258. The molecule has 0 radical (unpaired) electrons. The summed E-state index contributed by atoms with van der Waals surface area (Å²) in [5, 5.41) is 2.73. The van der Waals surface area contributed by atoms with Crippen molar-refractivity contribution in [3.8, 4) is 0 Å². The fourth-order valence-corrected chi connectivity index (χ4v) is 2.33. The fraction of sp³-hybridized carbons (Fsp3) is 0.600. The minimum Gasteiger partial charge on any atom is -0.444 e. The second kappa shape index (κ2) is 6.25. The number of rotatable bonds is 2. The van der Waals surface area contributed by atoms with Crippen LogP contribution in [0.1, 0.15) is 32.8 Å². The van der Waals surface area contributed by atoms with Crippen LogP contribution >= 0.6 is 0 Å². The van der Waals surface area contributed by atoms with E-state index in [0.717, 1.165) is 18.3 Å². The van der Waals surface area contributed by atoms with E-state index < -0.39 is 23.4 Å². The van der Waals surface area contributed by atoms with E-state index in [-0.39, 0.29) is 11.9 Å². The summed E-state index contributed by atoms with van der Waals surface area (Å²) in [4.78, 5) is 17.4. The summed E-state index contributed by atoms with van der Waals surface area (Å²) >= 11 is 0. The number of alkyl halides is 3. The van der Waals surface area contributed by atoms with Crippen molar-refractivity contribution in [2.24, 2.45) is 0 Å². The smallest absolute Gasteiger partial charge is 0.416 e. The lowest BCUT2D eigenvalue weighted by Gasteiger charge is -2.22. The van der Waals surface area contributed by atoms with E-state index in [1.165, 1.54) is 0 Å².